The Bertz CT molecular complexity index is 1660. The minimum atomic E-state index is -0.501. The second-order valence-corrected chi connectivity index (χ2v) is 8.88. The Morgan fingerprint density at radius 1 is 1.16 bits per heavy atom. The van der Waals surface area contributed by atoms with E-state index in [0.29, 0.717) is 28.0 Å². The standard InChI is InChI=1S/C29H26FN3O4/c1-17-10-22(18(2)32-25-7-5-4-6-19(25)16-34)29-23(11-17)26(35)13-28(37-29)20-14-31-33(15-20)21-8-9-27(36-3)24(30)12-21/h4-15,18,32,34H,16H2,1-3H3. The topological polar surface area (TPSA) is 89.5 Å². The number of nitrogens with one attached hydrogen (secondary N) is 1. The Kier molecular flexibility index (Phi) is 6.50. The molecular weight excluding hydrogens is 473 g/mol. The lowest BCUT2D eigenvalue weighted by Crippen LogP contribution is -2.11. The lowest BCUT2D eigenvalue weighted by atomic mass is 10.0. The molecular formula is C29H26FN3O4. The van der Waals surface area contributed by atoms with Gasteiger partial charge in [0.25, 0.3) is 0 Å². The summed E-state index contributed by atoms with van der Waals surface area (Å²) in [4.78, 5) is 13.1. The van der Waals surface area contributed by atoms with Crippen molar-refractivity contribution in [1.29, 1.82) is 0 Å². The summed E-state index contributed by atoms with van der Waals surface area (Å²) in [5, 5.41) is 17.9. The number of benzene rings is 3. The first-order valence-electron chi connectivity index (χ1n) is 11.8. The van der Waals surface area contributed by atoms with Crippen LogP contribution in [0.25, 0.3) is 28.0 Å². The maximum atomic E-state index is 14.2. The smallest absolute Gasteiger partial charge is 0.193 e. The van der Waals surface area contributed by atoms with E-state index in [1.165, 1.54) is 30.0 Å². The van der Waals surface area contributed by atoms with Crippen LogP contribution in [0.5, 0.6) is 5.75 Å². The Morgan fingerprint density at radius 2 is 1.97 bits per heavy atom. The molecule has 7 nitrogen and oxygen atoms in total. The van der Waals surface area contributed by atoms with E-state index in [1.54, 1.807) is 18.5 Å². The maximum Gasteiger partial charge on any atom is 0.193 e. The molecule has 2 heterocycles. The van der Waals surface area contributed by atoms with Gasteiger partial charge in [0.05, 0.1) is 42.6 Å². The SMILES string of the molecule is COc1ccc(-n2cc(-c3cc(=O)c4cc(C)cc(C(C)Nc5ccccc5CO)c4o3)cn2)cc1F. The van der Waals surface area contributed by atoms with Gasteiger partial charge in [-0.2, -0.15) is 5.10 Å². The van der Waals surface area contributed by atoms with Crippen molar-refractivity contribution in [2.45, 2.75) is 26.5 Å². The van der Waals surface area contributed by atoms with Crippen molar-refractivity contribution in [3.05, 3.63) is 106 Å². The highest BCUT2D eigenvalue weighted by atomic mass is 19.1. The van der Waals surface area contributed by atoms with Gasteiger partial charge in [0.2, 0.25) is 0 Å². The number of aryl methyl sites for hydroxylation is 1. The summed E-state index contributed by atoms with van der Waals surface area (Å²) in [6, 6.07) is 17.1. The molecule has 0 aliphatic heterocycles. The van der Waals surface area contributed by atoms with Crippen LogP contribution in [-0.2, 0) is 6.61 Å². The van der Waals surface area contributed by atoms with E-state index >= 15 is 0 Å². The first kappa shape index (κ1) is 24.3. The predicted octanol–water partition coefficient (Wildman–Crippen LogP) is 5.77. The van der Waals surface area contributed by atoms with Gasteiger partial charge in [0, 0.05) is 35.1 Å². The van der Waals surface area contributed by atoms with E-state index in [2.05, 4.69) is 10.4 Å². The molecule has 0 radical (unpaired) electrons. The highest BCUT2D eigenvalue weighted by Crippen LogP contribution is 2.31. The van der Waals surface area contributed by atoms with Crippen LogP contribution in [0.1, 0.15) is 29.7 Å². The molecule has 0 saturated carbocycles. The number of fused-ring (bicyclic) bond motifs is 1. The van der Waals surface area contributed by atoms with E-state index < -0.39 is 5.82 Å². The number of hydrogen-bond acceptors (Lipinski definition) is 6. The van der Waals surface area contributed by atoms with Gasteiger partial charge in [-0.15, -0.1) is 0 Å². The van der Waals surface area contributed by atoms with Crippen LogP contribution in [0.2, 0.25) is 0 Å². The molecule has 5 rings (SSSR count). The number of anilines is 1. The fraction of sp³-hybridized carbons (Fsp3) is 0.172. The molecule has 0 spiro atoms. The van der Waals surface area contributed by atoms with Crippen molar-refractivity contribution >= 4 is 16.7 Å². The normalized spacial score (nSPS) is 12.0. The zero-order valence-electron chi connectivity index (χ0n) is 20.7. The monoisotopic (exact) mass is 499 g/mol. The maximum absolute atomic E-state index is 14.2. The molecule has 1 atom stereocenters. The van der Waals surface area contributed by atoms with Crippen LogP contribution in [0.3, 0.4) is 0 Å². The van der Waals surface area contributed by atoms with Crippen LogP contribution in [0.4, 0.5) is 10.1 Å². The summed E-state index contributed by atoms with van der Waals surface area (Å²) in [6.07, 6.45) is 3.25. The number of aromatic nitrogens is 2. The highest BCUT2D eigenvalue weighted by molar-refractivity contribution is 5.83. The van der Waals surface area contributed by atoms with Gasteiger partial charge in [-0.25, -0.2) is 9.07 Å². The summed E-state index contributed by atoms with van der Waals surface area (Å²) < 4.78 is 27.0. The fourth-order valence-electron chi connectivity index (χ4n) is 4.40. The molecule has 3 aromatic carbocycles. The van der Waals surface area contributed by atoms with Gasteiger partial charge in [0.15, 0.2) is 17.0 Å². The minimum absolute atomic E-state index is 0.0915. The molecule has 5 aromatic rings. The number of halogens is 1. The minimum Gasteiger partial charge on any atom is -0.494 e. The molecule has 0 aliphatic rings. The molecule has 0 fully saturated rings. The van der Waals surface area contributed by atoms with Crippen molar-refractivity contribution in [2.24, 2.45) is 0 Å². The summed E-state index contributed by atoms with van der Waals surface area (Å²) in [5.74, 6) is -0.00632. The van der Waals surface area contributed by atoms with Gasteiger partial charge in [-0.1, -0.05) is 24.3 Å². The number of para-hydroxylation sites is 1. The molecule has 8 heteroatoms. The highest BCUT2D eigenvalue weighted by Gasteiger charge is 2.18. The number of nitrogens with zero attached hydrogens (tertiary/aromatic N) is 2. The molecule has 188 valence electrons. The van der Waals surface area contributed by atoms with E-state index in [-0.39, 0.29) is 23.8 Å². The van der Waals surface area contributed by atoms with Gasteiger partial charge < -0.3 is 19.6 Å². The van der Waals surface area contributed by atoms with Crippen LogP contribution >= 0.6 is 0 Å². The first-order chi connectivity index (χ1) is 17.9. The van der Waals surface area contributed by atoms with Crippen molar-refractivity contribution in [1.82, 2.24) is 9.78 Å². The third kappa shape index (κ3) is 4.71. The van der Waals surface area contributed by atoms with Crippen molar-refractivity contribution in [3.8, 4) is 22.8 Å². The number of aliphatic hydroxyl groups is 1. The summed E-state index contributed by atoms with van der Waals surface area (Å²) in [5.41, 5.74) is 4.70. The number of aliphatic hydroxyl groups excluding tert-OH is 1. The number of hydrogen-bond donors (Lipinski definition) is 2. The third-order valence-electron chi connectivity index (χ3n) is 6.29. The second kappa shape index (κ2) is 9.91. The molecule has 0 aliphatic carbocycles. The molecule has 2 N–H and O–H groups in total. The number of ether oxygens (including phenoxy) is 1. The van der Waals surface area contributed by atoms with Crippen LogP contribution in [0.15, 0.2) is 82.3 Å². The van der Waals surface area contributed by atoms with Crippen LogP contribution < -0.4 is 15.5 Å². The fourth-order valence-corrected chi connectivity index (χ4v) is 4.40. The van der Waals surface area contributed by atoms with Crippen molar-refractivity contribution in [3.63, 3.8) is 0 Å². The van der Waals surface area contributed by atoms with E-state index in [1.807, 2.05) is 50.2 Å². The number of methoxy groups -OCH3 is 1. The Morgan fingerprint density at radius 3 is 2.73 bits per heavy atom. The first-order valence-corrected chi connectivity index (χ1v) is 11.8. The second-order valence-electron chi connectivity index (χ2n) is 8.88. The van der Waals surface area contributed by atoms with E-state index in [9.17, 15) is 14.3 Å². The Hall–Kier alpha value is -4.43. The van der Waals surface area contributed by atoms with E-state index in [4.69, 9.17) is 9.15 Å². The van der Waals surface area contributed by atoms with Crippen LogP contribution in [-0.4, -0.2) is 22.0 Å². The van der Waals surface area contributed by atoms with E-state index in [0.717, 1.165) is 22.4 Å². The summed E-state index contributed by atoms with van der Waals surface area (Å²) >= 11 is 0. The lowest BCUT2D eigenvalue weighted by molar-refractivity contribution is 0.282. The van der Waals surface area contributed by atoms with Crippen LogP contribution in [0, 0.1) is 12.7 Å². The predicted molar refractivity (Wildman–Crippen MR) is 141 cm³/mol. The molecule has 0 saturated heterocycles. The van der Waals surface area contributed by atoms with Crippen molar-refractivity contribution in [2.75, 3.05) is 12.4 Å². The largest absolute Gasteiger partial charge is 0.494 e. The lowest BCUT2D eigenvalue weighted by Gasteiger charge is -2.19. The molecule has 0 amide bonds. The van der Waals surface area contributed by atoms with Gasteiger partial charge in [-0.05, 0) is 43.7 Å². The quantitative estimate of drug-likeness (QED) is 0.296. The molecule has 37 heavy (non-hydrogen) atoms. The van der Waals surface area contributed by atoms with Gasteiger partial charge in [-0.3, -0.25) is 4.79 Å². The Balaban J connectivity index is 1.56. The molecule has 2 aromatic heterocycles. The molecule has 0 bridgehead atoms. The third-order valence-corrected chi connectivity index (χ3v) is 6.29. The average molecular weight is 500 g/mol. The summed E-state index contributed by atoms with van der Waals surface area (Å²) in [6.45, 7) is 3.82. The zero-order chi connectivity index (χ0) is 26.1. The van der Waals surface area contributed by atoms with Gasteiger partial charge >= 0.3 is 0 Å². The van der Waals surface area contributed by atoms with Crippen molar-refractivity contribution < 1.29 is 18.7 Å². The van der Waals surface area contributed by atoms with Gasteiger partial charge in [0.1, 0.15) is 11.3 Å². The zero-order valence-corrected chi connectivity index (χ0v) is 20.7. The summed E-state index contributed by atoms with van der Waals surface area (Å²) in [7, 11) is 1.41. The number of rotatable bonds is 7. The average Bonchev–Trinajstić information content (AvgIpc) is 3.39. The molecule has 1 unspecified atom stereocenters. The Labute approximate surface area is 212 Å².